The maximum atomic E-state index is 11.9. The fourth-order valence-corrected chi connectivity index (χ4v) is 1.48. The minimum absolute atomic E-state index is 0.111. The maximum Gasteiger partial charge on any atom is 0.411 e. The Kier molecular flexibility index (Phi) is 4.38. The molecule has 0 saturated heterocycles. The van der Waals surface area contributed by atoms with Gasteiger partial charge in [0, 0.05) is 7.05 Å². The quantitative estimate of drug-likeness (QED) is 0.889. The predicted molar refractivity (Wildman–Crippen MR) is 70.5 cm³/mol. The molecule has 102 valence electrons. The summed E-state index contributed by atoms with van der Waals surface area (Å²) in [6.07, 6.45) is -0.563. The van der Waals surface area contributed by atoms with Crippen molar-refractivity contribution >= 4 is 6.09 Å². The van der Waals surface area contributed by atoms with E-state index in [0.717, 1.165) is 0 Å². The van der Waals surface area contributed by atoms with E-state index in [1.807, 2.05) is 6.07 Å². The molecule has 1 unspecified atom stereocenters. The van der Waals surface area contributed by atoms with E-state index in [4.69, 9.17) is 4.74 Å². The van der Waals surface area contributed by atoms with Crippen LogP contribution >= 0.6 is 0 Å². The van der Waals surface area contributed by atoms with E-state index in [2.05, 4.69) is 0 Å². The first-order chi connectivity index (χ1) is 8.74. The molecule has 0 aliphatic carbocycles. The Morgan fingerprint density at radius 3 is 2.32 bits per heavy atom. The van der Waals surface area contributed by atoms with Gasteiger partial charge in [0.05, 0.1) is 6.07 Å². The summed E-state index contributed by atoms with van der Waals surface area (Å²) in [6, 6.07) is 7.45. The summed E-state index contributed by atoms with van der Waals surface area (Å²) in [4.78, 5) is 13.1. The molecule has 19 heavy (non-hydrogen) atoms. The molecule has 0 aromatic heterocycles. The van der Waals surface area contributed by atoms with Crippen molar-refractivity contribution in [3.05, 3.63) is 29.8 Å². The van der Waals surface area contributed by atoms with Crippen LogP contribution < -0.4 is 0 Å². The molecular formula is C14H18N2O3. The highest BCUT2D eigenvalue weighted by molar-refractivity contribution is 5.69. The van der Waals surface area contributed by atoms with Gasteiger partial charge in [0.1, 0.15) is 17.4 Å². The molecule has 1 amide bonds. The van der Waals surface area contributed by atoms with Crippen molar-refractivity contribution in [1.29, 1.82) is 5.26 Å². The number of phenols is 1. The summed E-state index contributed by atoms with van der Waals surface area (Å²) in [7, 11) is 1.51. The Balaban J connectivity index is 2.89. The zero-order chi connectivity index (χ0) is 14.6. The SMILES string of the molecule is CN(C(=O)OC(C)(C)C)C(C#N)c1ccc(O)cc1. The number of carbonyl (C=O) groups is 1. The topological polar surface area (TPSA) is 73.6 Å². The highest BCUT2D eigenvalue weighted by Gasteiger charge is 2.26. The second kappa shape index (κ2) is 5.61. The lowest BCUT2D eigenvalue weighted by Gasteiger charge is -2.27. The number of benzene rings is 1. The van der Waals surface area contributed by atoms with Crippen LogP contribution in [0.1, 0.15) is 32.4 Å². The first-order valence-corrected chi connectivity index (χ1v) is 5.89. The smallest absolute Gasteiger partial charge is 0.411 e. The van der Waals surface area contributed by atoms with Gasteiger partial charge in [-0.25, -0.2) is 4.79 Å². The number of hydrogen-bond acceptors (Lipinski definition) is 4. The van der Waals surface area contributed by atoms with E-state index in [1.165, 1.54) is 24.1 Å². The molecule has 0 heterocycles. The number of rotatable bonds is 2. The molecule has 1 atom stereocenters. The molecule has 1 N–H and O–H groups in total. The highest BCUT2D eigenvalue weighted by atomic mass is 16.6. The second-order valence-corrected chi connectivity index (χ2v) is 5.21. The monoisotopic (exact) mass is 262 g/mol. The lowest BCUT2D eigenvalue weighted by atomic mass is 10.1. The Morgan fingerprint density at radius 1 is 1.37 bits per heavy atom. The van der Waals surface area contributed by atoms with Gasteiger partial charge in [0.15, 0.2) is 0 Å². The third-order valence-electron chi connectivity index (χ3n) is 2.40. The summed E-state index contributed by atoms with van der Waals surface area (Å²) in [5, 5.41) is 18.4. The van der Waals surface area contributed by atoms with Crippen molar-refractivity contribution in [3.8, 4) is 11.8 Å². The molecule has 0 spiro atoms. The molecular weight excluding hydrogens is 244 g/mol. The van der Waals surface area contributed by atoms with E-state index < -0.39 is 17.7 Å². The van der Waals surface area contributed by atoms with Crippen LogP contribution in [0.25, 0.3) is 0 Å². The van der Waals surface area contributed by atoms with Gasteiger partial charge in [0.2, 0.25) is 0 Å². The highest BCUT2D eigenvalue weighted by Crippen LogP contribution is 2.22. The number of amides is 1. The fourth-order valence-electron chi connectivity index (χ4n) is 1.48. The number of nitriles is 1. The molecule has 5 nitrogen and oxygen atoms in total. The van der Waals surface area contributed by atoms with Gasteiger partial charge in [-0.1, -0.05) is 12.1 Å². The number of nitrogens with zero attached hydrogens (tertiary/aromatic N) is 2. The van der Waals surface area contributed by atoms with Crippen molar-refractivity contribution in [2.45, 2.75) is 32.4 Å². The summed E-state index contributed by atoms with van der Waals surface area (Å²) in [5.41, 5.74) is 0.00832. The van der Waals surface area contributed by atoms with Crippen LogP contribution in [0.15, 0.2) is 24.3 Å². The molecule has 0 aliphatic rings. The standard InChI is InChI=1S/C14H18N2O3/c1-14(2,3)19-13(18)16(4)12(9-15)10-5-7-11(17)8-6-10/h5-8,12,17H,1-4H3. The lowest BCUT2D eigenvalue weighted by Crippen LogP contribution is -2.36. The first kappa shape index (κ1) is 14.8. The van der Waals surface area contributed by atoms with Gasteiger partial charge < -0.3 is 9.84 Å². The third kappa shape index (κ3) is 4.18. The Morgan fingerprint density at radius 2 is 1.89 bits per heavy atom. The minimum atomic E-state index is -0.754. The maximum absolute atomic E-state index is 11.9. The van der Waals surface area contributed by atoms with Gasteiger partial charge in [-0.05, 0) is 38.5 Å². The van der Waals surface area contributed by atoms with Crippen molar-refractivity contribution in [1.82, 2.24) is 4.90 Å². The Labute approximate surface area is 113 Å². The van der Waals surface area contributed by atoms with Crippen LogP contribution in [0.3, 0.4) is 0 Å². The van der Waals surface area contributed by atoms with Gasteiger partial charge >= 0.3 is 6.09 Å². The minimum Gasteiger partial charge on any atom is -0.508 e. The molecule has 1 aromatic rings. The normalized spacial score (nSPS) is 12.4. The van der Waals surface area contributed by atoms with E-state index in [-0.39, 0.29) is 5.75 Å². The van der Waals surface area contributed by atoms with Gasteiger partial charge in [0.25, 0.3) is 0 Å². The average Bonchev–Trinajstić information content (AvgIpc) is 2.30. The lowest BCUT2D eigenvalue weighted by molar-refractivity contribution is 0.0258. The Hall–Kier alpha value is -2.22. The van der Waals surface area contributed by atoms with Gasteiger partial charge in [-0.3, -0.25) is 4.90 Å². The van der Waals surface area contributed by atoms with E-state index >= 15 is 0 Å². The van der Waals surface area contributed by atoms with Crippen LogP contribution in [-0.2, 0) is 4.74 Å². The summed E-state index contributed by atoms with van der Waals surface area (Å²) in [5.74, 6) is 0.111. The molecule has 1 rings (SSSR count). The van der Waals surface area contributed by atoms with E-state index in [9.17, 15) is 15.2 Å². The zero-order valence-electron chi connectivity index (χ0n) is 11.5. The summed E-state index contributed by atoms with van der Waals surface area (Å²) in [6.45, 7) is 5.29. The van der Waals surface area contributed by atoms with E-state index in [1.54, 1.807) is 32.9 Å². The zero-order valence-corrected chi connectivity index (χ0v) is 11.5. The number of ether oxygens (including phenoxy) is 1. The number of hydrogen-bond donors (Lipinski definition) is 1. The van der Waals surface area contributed by atoms with Crippen molar-refractivity contribution in [2.75, 3.05) is 7.05 Å². The van der Waals surface area contributed by atoms with Crippen LogP contribution in [0.2, 0.25) is 0 Å². The average molecular weight is 262 g/mol. The third-order valence-corrected chi connectivity index (χ3v) is 2.40. The van der Waals surface area contributed by atoms with Crippen molar-refractivity contribution < 1.29 is 14.6 Å². The molecule has 5 heteroatoms. The Bertz CT molecular complexity index is 483. The van der Waals surface area contributed by atoms with Crippen LogP contribution in [-0.4, -0.2) is 28.7 Å². The number of aromatic hydroxyl groups is 1. The molecule has 0 bridgehead atoms. The van der Waals surface area contributed by atoms with Gasteiger partial charge in [-0.2, -0.15) is 5.26 Å². The van der Waals surface area contributed by atoms with Crippen LogP contribution in [0.5, 0.6) is 5.75 Å². The van der Waals surface area contributed by atoms with Crippen molar-refractivity contribution in [3.63, 3.8) is 0 Å². The van der Waals surface area contributed by atoms with E-state index in [0.29, 0.717) is 5.56 Å². The van der Waals surface area contributed by atoms with Crippen LogP contribution in [0, 0.1) is 11.3 Å². The molecule has 0 radical (unpaired) electrons. The van der Waals surface area contributed by atoms with Crippen LogP contribution in [0.4, 0.5) is 4.79 Å². The summed E-state index contributed by atoms with van der Waals surface area (Å²) >= 11 is 0. The number of carbonyl (C=O) groups excluding carboxylic acids is 1. The van der Waals surface area contributed by atoms with Gasteiger partial charge in [-0.15, -0.1) is 0 Å². The predicted octanol–water partition coefficient (Wildman–Crippen LogP) is 2.82. The fraction of sp³-hybridized carbons (Fsp3) is 0.429. The molecule has 1 aromatic carbocycles. The summed E-state index contributed by atoms with van der Waals surface area (Å²) < 4.78 is 5.21. The molecule has 0 aliphatic heterocycles. The first-order valence-electron chi connectivity index (χ1n) is 5.89. The second-order valence-electron chi connectivity index (χ2n) is 5.21. The number of phenolic OH excluding ortho intramolecular Hbond substituents is 1. The molecule has 0 saturated carbocycles. The van der Waals surface area contributed by atoms with Crippen molar-refractivity contribution in [2.24, 2.45) is 0 Å². The largest absolute Gasteiger partial charge is 0.508 e. The molecule has 0 fully saturated rings.